The first-order valence-electron chi connectivity index (χ1n) is 4.66. The lowest BCUT2D eigenvalue weighted by Crippen LogP contribution is -2.10. The number of aliphatic carboxylic acids is 1. The maximum Gasteiger partial charge on any atom is 0.310 e. The fourth-order valence-corrected chi connectivity index (χ4v) is 1.91. The molecule has 0 spiro atoms. The Hall–Kier alpha value is -1.40. The zero-order valence-corrected chi connectivity index (χ0v) is 9.44. The van der Waals surface area contributed by atoms with Crippen LogP contribution in [-0.2, 0) is 14.9 Å². The summed E-state index contributed by atoms with van der Waals surface area (Å²) < 4.78 is 30.3. The third kappa shape index (κ3) is 2.80. The van der Waals surface area contributed by atoms with E-state index in [0.29, 0.717) is 12.0 Å². The molecule has 0 bridgehead atoms. The number of rotatable bonds is 4. The molecule has 0 aliphatic heterocycles. The van der Waals surface area contributed by atoms with E-state index in [4.69, 9.17) is 9.66 Å². The van der Waals surface area contributed by atoms with Crippen molar-refractivity contribution >= 4 is 16.1 Å². The van der Waals surface area contributed by atoms with Crippen molar-refractivity contribution in [1.29, 1.82) is 0 Å². The molecule has 0 saturated carbocycles. The lowest BCUT2D eigenvalue weighted by atomic mass is 9.97. The van der Waals surface area contributed by atoms with Gasteiger partial charge in [-0.3, -0.25) is 9.35 Å². The van der Waals surface area contributed by atoms with Crippen LogP contribution >= 0.6 is 0 Å². The van der Waals surface area contributed by atoms with E-state index >= 15 is 0 Å². The average molecular weight is 244 g/mol. The van der Waals surface area contributed by atoms with Gasteiger partial charge in [-0.15, -0.1) is 0 Å². The number of carboxylic acid groups (broad SMARTS) is 1. The van der Waals surface area contributed by atoms with Crippen molar-refractivity contribution in [3.63, 3.8) is 0 Å². The zero-order valence-electron chi connectivity index (χ0n) is 8.62. The molecular formula is C10H12O5S. The topological polar surface area (TPSA) is 91.7 Å². The first-order valence-corrected chi connectivity index (χ1v) is 6.10. The van der Waals surface area contributed by atoms with E-state index in [1.54, 1.807) is 6.92 Å². The highest BCUT2D eigenvalue weighted by atomic mass is 32.2. The molecule has 0 unspecified atom stereocenters. The second-order valence-electron chi connectivity index (χ2n) is 3.34. The number of carbonyl (C=O) groups is 1. The van der Waals surface area contributed by atoms with E-state index in [1.807, 2.05) is 0 Å². The Morgan fingerprint density at radius 1 is 1.31 bits per heavy atom. The SMILES string of the molecule is CC[C@@H](C(=O)O)c1ccc(S(=O)(=O)O)cc1. The lowest BCUT2D eigenvalue weighted by Gasteiger charge is -2.09. The molecule has 0 saturated heterocycles. The second-order valence-corrected chi connectivity index (χ2v) is 4.76. The van der Waals surface area contributed by atoms with Gasteiger partial charge in [-0.1, -0.05) is 19.1 Å². The Balaban J connectivity index is 3.08. The molecule has 1 atom stereocenters. The summed E-state index contributed by atoms with van der Waals surface area (Å²) in [5.74, 6) is -1.61. The van der Waals surface area contributed by atoms with Crippen molar-refractivity contribution in [2.45, 2.75) is 24.2 Å². The van der Waals surface area contributed by atoms with E-state index in [0.717, 1.165) is 0 Å². The number of carboxylic acids is 1. The van der Waals surface area contributed by atoms with Gasteiger partial charge in [0.2, 0.25) is 0 Å². The Bertz CT molecular complexity index is 474. The van der Waals surface area contributed by atoms with E-state index in [1.165, 1.54) is 24.3 Å². The Labute approximate surface area is 93.5 Å². The van der Waals surface area contributed by atoms with E-state index in [9.17, 15) is 13.2 Å². The van der Waals surface area contributed by atoms with Crippen LogP contribution in [-0.4, -0.2) is 24.0 Å². The van der Waals surface area contributed by atoms with Crippen LogP contribution in [0, 0.1) is 0 Å². The molecular weight excluding hydrogens is 232 g/mol. The monoisotopic (exact) mass is 244 g/mol. The van der Waals surface area contributed by atoms with Gasteiger partial charge in [0.05, 0.1) is 10.8 Å². The van der Waals surface area contributed by atoms with Crippen molar-refractivity contribution in [3.05, 3.63) is 29.8 Å². The van der Waals surface area contributed by atoms with Crippen LogP contribution in [0.5, 0.6) is 0 Å². The highest BCUT2D eigenvalue weighted by Crippen LogP contribution is 2.21. The molecule has 16 heavy (non-hydrogen) atoms. The summed E-state index contributed by atoms with van der Waals surface area (Å²) in [5.41, 5.74) is 0.516. The van der Waals surface area contributed by atoms with E-state index in [-0.39, 0.29) is 4.90 Å². The van der Waals surface area contributed by atoms with Gasteiger partial charge in [-0.2, -0.15) is 8.42 Å². The van der Waals surface area contributed by atoms with Crippen LogP contribution in [0.15, 0.2) is 29.2 Å². The molecule has 1 rings (SSSR count). The highest BCUT2D eigenvalue weighted by Gasteiger charge is 2.18. The highest BCUT2D eigenvalue weighted by molar-refractivity contribution is 7.85. The normalized spacial score (nSPS) is 13.4. The molecule has 0 aliphatic carbocycles. The van der Waals surface area contributed by atoms with E-state index < -0.39 is 22.0 Å². The van der Waals surface area contributed by atoms with Crippen molar-refractivity contribution < 1.29 is 22.9 Å². The lowest BCUT2D eigenvalue weighted by molar-refractivity contribution is -0.138. The molecule has 0 aromatic heterocycles. The van der Waals surface area contributed by atoms with Crippen molar-refractivity contribution in [2.24, 2.45) is 0 Å². The molecule has 1 aromatic rings. The second kappa shape index (κ2) is 4.63. The summed E-state index contributed by atoms with van der Waals surface area (Å²) >= 11 is 0. The predicted molar refractivity (Wildman–Crippen MR) is 56.9 cm³/mol. The molecule has 0 amide bonds. The van der Waals surface area contributed by atoms with Crippen LogP contribution in [0.25, 0.3) is 0 Å². The number of benzene rings is 1. The van der Waals surface area contributed by atoms with E-state index in [2.05, 4.69) is 0 Å². The number of hydrogen-bond donors (Lipinski definition) is 2. The van der Waals surface area contributed by atoms with Gasteiger partial charge >= 0.3 is 5.97 Å². The number of hydrogen-bond acceptors (Lipinski definition) is 3. The Morgan fingerprint density at radius 2 is 1.81 bits per heavy atom. The fraction of sp³-hybridized carbons (Fsp3) is 0.300. The van der Waals surface area contributed by atoms with Gasteiger partial charge in [0, 0.05) is 0 Å². The molecule has 0 heterocycles. The van der Waals surface area contributed by atoms with Gasteiger partial charge in [-0.25, -0.2) is 0 Å². The summed E-state index contributed by atoms with van der Waals surface area (Å²) in [7, 11) is -4.22. The molecule has 2 N–H and O–H groups in total. The maximum atomic E-state index is 10.8. The molecule has 6 heteroatoms. The molecule has 0 aliphatic rings. The van der Waals surface area contributed by atoms with Gasteiger partial charge in [0.25, 0.3) is 10.1 Å². The zero-order chi connectivity index (χ0) is 12.3. The van der Waals surface area contributed by atoms with Crippen LogP contribution in [0.2, 0.25) is 0 Å². The van der Waals surface area contributed by atoms with Crippen LogP contribution in [0.3, 0.4) is 0 Å². The van der Waals surface area contributed by atoms with Crippen LogP contribution in [0.1, 0.15) is 24.8 Å². The average Bonchev–Trinajstić information content (AvgIpc) is 2.17. The predicted octanol–water partition coefficient (Wildman–Crippen LogP) is 1.51. The quantitative estimate of drug-likeness (QED) is 0.783. The van der Waals surface area contributed by atoms with Crippen molar-refractivity contribution in [3.8, 4) is 0 Å². The molecule has 88 valence electrons. The standard InChI is InChI=1S/C10H12O5S/c1-2-9(10(11)12)7-3-5-8(6-4-7)16(13,14)15/h3-6,9H,2H2,1H3,(H,11,12)(H,13,14,15)/t9-/m1/s1. The fourth-order valence-electron chi connectivity index (χ4n) is 1.43. The summed E-state index contributed by atoms with van der Waals surface area (Å²) in [5, 5.41) is 8.89. The van der Waals surface area contributed by atoms with Crippen molar-refractivity contribution in [1.82, 2.24) is 0 Å². The first kappa shape index (κ1) is 12.7. The molecule has 0 radical (unpaired) electrons. The Morgan fingerprint density at radius 3 is 2.12 bits per heavy atom. The summed E-state index contributed by atoms with van der Waals surface area (Å²) in [6.45, 7) is 1.73. The van der Waals surface area contributed by atoms with Crippen LogP contribution < -0.4 is 0 Å². The van der Waals surface area contributed by atoms with Gasteiger partial charge in [0.1, 0.15) is 0 Å². The molecule has 1 aromatic carbocycles. The smallest absolute Gasteiger partial charge is 0.310 e. The van der Waals surface area contributed by atoms with Gasteiger partial charge in [-0.05, 0) is 24.1 Å². The minimum absolute atomic E-state index is 0.239. The minimum Gasteiger partial charge on any atom is -0.481 e. The van der Waals surface area contributed by atoms with Crippen LogP contribution in [0.4, 0.5) is 0 Å². The van der Waals surface area contributed by atoms with Gasteiger partial charge < -0.3 is 5.11 Å². The minimum atomic E-state index is -4.22. The summed E-state index contributed by atoms with van der Waals surface area (Å²) in [6.07, 6.45) is 0.417. The molecule has 5 nitrogen and oxygen atoms in total. The molecule has 0 fully saturated rings. The Kier molecular flexibility index (Phi) is 3.66. The third-order valence-electron chi connectivity index (χ3n) is 2.29. The van der Waals surface area contributed by atoms with Gasteiger partial charge in [0.15, 0.2) is 0 Å². The maximum absolute atomic E-state index is 10.8. The first-order chi connectivity index (χ1) is 7.36. The summed E-state index contributed by atoms with van der Waals surface area (Å²) in [6, 6.07) is 5.17. The largest absolute Gasteiger partial charge is 0.481 e. The summed E-state index contributed by atoms with van der Waals surface area (Å²) in [4.78, 5) is 10.6. The van der Waals surface area contributed by atoms with Crippen molar-refractivity contribution in [2.75, 3.05) is 0 Å². The third-order valence-corrected chi connectivity index (χ3v) is 3.15.